The van der Waals surface area contributed by atoms with Crippen molar-refractivity contribution in [2.45, 2.75) is 26.2 Å². The minimum absolute atomic E-state index is 0.0911. The van der Waals surface area contributed by atoms with Crippen LogP contribution in [0.1, 0.15) is 47.1 Å². The molecule has 3 aromatic rings. The van der Waals surface area contributed by atoms with E-state index >= 15 is 0 Å². The van der Waals surface area contributed by atoms with Crippen LogP contribution in [0.15, 0.2) is 82.8 Å². The SMILES string of the molecule is CN=CN=C(N)c1ccc(C2=CCN(C(=O)CN3CC[C@]4(CCN(c5ccc(N)c(C(=N)c6cccc(C)c6)c5)C4=O)C3)CC2)cc1. The third-order valence-corrected chi connectivity index (χ3v) is 9.65. The predicted octanol–water partition coefficient (Wildman–Crippen LogP) is 4.10. The first kappa shape index (κ1) is 31.9. The topological polar surface area (TPSA) is 144 Å². The molecule has 0 unspecified atom stereocenters. The highest BCUT2D eigenvalue weighted by Gasteiger charge is 2.51. The number of likely N-dealkylation sites (tertiary alicyclic amines) is 1. The molecular weight excluding hydrogens is 588 g/mol. The van der Waals surface area contributed by atoms with E-state index in [9.17, 15) is 9.59 Å². The van der Waals surface area contributed by atoms with Crippen molar-refractivity contribution in [3.8, 4) is 0 Å². The second-order valence-corrected chi connectivity index (χ2v) is 12.7. The molecule has 0 aromatic heterocycles. The third kappa shape index (κ3) is 6.59. The lowest BCUT2D eigenvalue weighted by molar-refractivity contribution is -0.132. The summed E-state index contributed by atoms with van der Waals surface area (Å²) in [5.41, 5.74) is 19.1. The maximum atomic E-state index is 13.9. The smallest absolute Gasteiger partial charge is 0.237 e. The monoisotopic (exact) mass is 630 g/mol. The summed E-state index contributed by atoms with van der Waals surface area (Å²) < 4.78 is 0. The Labute approximate surface area is 276 Å². The standard InChI is InChI=1S/C37H42N8O2/c1-25-4-3-5-29(20-25)34(39)31-21-30(10-11-32(31)38)45-19-15-37(36(45)47)14-18-43(23-37)22-33(46)44-16-12-27(13-17-44)26-6-8-28(9-7-26)35(40)42-24-41-2/h3-12,20-21,24,39H,13-19,22-23,38H2,1-2H3,(H2,40,41,42)/t37-/m0/s1. The zero-order chi connectivity index (χ0) is 33.1. The maximum absolute atomic E-state index is 13.9. The number of nitrogens with two attached hydrogens (primary N) is 2. The largest absolute Gasteiger partial charge is 0.398 e. The molecule has 3 heterocycles. The van der Waals surface area contributed by atoms with Gasteiger partial charge in [0, 0.05) is 61.3 Å². The Morgan fingerprint density at radius 2 is 1.81 bits per heavy atom. The molecule has 3 aliphatic rings. The molecule has 242 valence electrons. The van der Waals surface area contributed by atoms with Gasteiger partial charge in [-0.1, -0.05) is 54.1 Å². The van der Waals surface area contributed by atoms with Crippen LogP contribution < -0.4 is 16.4 Å². The summed E-state index contributed by atoms with van der Waals surface area (Å²) in [5, 5.41) is 8.82. The third-order valence-electron chi connectivity index (χ3n) is 9.65. The van der Waals surface area contributed by atoms with Gasteiger partial charge < -0.3 is 21.3 Å². The predicted molar refractivity (Wildman–Crippen MR) is 189 cm³/mol. The van der Waals surface area contributed by atoms with E-state index < -0.39 is 5.41 Å². The number of rotatable bonds is 8. The molecule has 10 heteroatoms. The van der Waals surface area contributed by atoms with Crippen LogP contribution in [0, 0.1) is 17.7 Å². The van der Waals surface area contributed by atoms with Gasteiger partial charge in [0.15, 0.2) is 0 Å². The highest BCUT2D eigenvalue weighted by Crippen LogP contribution is 2.43. The van der Waals surface area contributed by atoms with E-state index in [0.717, 1.165) is 47.2 Å². The quantitative estimate of drug-likeness (QED) is 0.195. The number of aryl methyl sites for hydroxylation is 1. The number of hydrogen-bond donors (Lipinski definition) is 3. The van der Waals surface area contributed by atoms with Gasteiger partial charge in [-0.3, -0.25) is 24.9 Å². The first-order valence-corrected chi connectivity index (χ1v) is 16.1. The van der Waals surface area contributed by atoms with Crippen LogP contribution in [-0.2, 0) is 9.59 Å². The molecule has 2 saturated heterocycles. The zero-order valence-electron chi connectivity index (χ0n) is 27.1. The number of nitrogens with one attached hydrogen (secondary N) is 1. The Kier molecular flexibility index (Phi) is 9.04. The van der Waals surface area contributed by atoms with Crippen LogP contribution in [-0.4, -0.2) is 85.8 Å². The van der Waals surface area contributed by atoms with Gasteiger partial charge in [-0.25, -0.2) is 4.99 Å². The molecule has 0 radical (unpaired) electrons. The molecule has 3 aliphatic heterocycles. The summed E-state index contributed by atoms with van der Waals surface area (Å²) in [4.78, 5) is 41.1. The van der Waals surface area contributed by atoms with Crippen molar-refractivity contribution < 1.29 is 9.59 Å². The Bertz CT molecular complexity index is 1790. The summed E-state index contributed by atoms with van der Waals surface area (Å²) in [5.74, 6) is 0.602. The van der Waals surface area contributed by atoms with Crippen molar-refractivity contribution in [3.05, 3.63) is 101 Å². The molecule has 5 N–H and O–H groups in total. The number of amides is 2. The first-order valence-electron chi connectivity index (χ1n) is 16.1. The van der Waals surface area contributed by atoms with Crippen molar-refractivity contribution in [1.82, 2.24) is 9.80 Å². The molecule has 1 spiro atoms. The average Bonchev–Trinajstić information content (AvgIpc) is 3.65. The zero-order valence-corrected chi connectivity index (χ0v) is 27.1. The average molecular weight is 631 g/mol. The van der Waals surface area contributed by atoms with Crippen molar-refractivity contribution in [3.63, 3.8) is 0 Å². The van der Waals surface area contributed by atoms with Gasteiger partial charge in [-0.2, -0.15) is 0 Å². The lowest BCUT2D eigenvalue weighted by Crippen LogP contribution is -2.43. The Balaban J connectivity index is 1.06. The van der Waals surface area contributed by atoms with Crippen LogP contribution >= 0.6 is 0 Å². The van der Waals surface area contributed by atoms with Gasteiger partial charge in [-0.15, -0.1) is 0 Å². The minimum Gasteiger partial charge on any atom is -0.398 e. The molecule has 0 aliphatic carbocycles. The van der Waals surface area contributed by atoms with Crippen LogP contribution in [0.4, 0.5) is 11.4 Å². The second kappa shape index (κ2) is 13.3. The van der Waals surface area contributed by atoms with Crippen LogP contribution in [0.3, 0.4) is 0 Å². The Hall–Kier alpha value is -5.09. The lowest BCUT2D eigenvalue weighted by Gasteiger charge is -2.29. The highest BCUT2D eigenvalue weighted by atomic mass is 16.2. The van der Waals surface area contributed by atoms with Crippen molar-refractivity contribution >= 4 is 46.6 Å². The molecular formula is C37H42N8O2. The van der Waals surface area contributed by atoms with Crippen LogP contribution in [0.5, 0.6) is 0 Å². The van der Waals surface area contributed by atoms with Gasteiger partial charge >= 0.3 is 0 Å². The molecule has 0 bridgehead atoms. The Morgan fingerprint density at radius 1 is 1.02 bits per heavy atom. The van der Waals surface area contributed by atoms with Gasteiger partial charge in [-0.05, 0) is 68.1 Å². The maximum Gasteiger partial charge on any atom is 0.237 e. The fourth-order valence-corrected chi connectivity index (χ4v) is 6.92. The van der Waals surface area contributed by atoms with Crippen molar-refractivity contribution in [2.24, 2.45) is 21.1 Å². The molecule has 1 atom stereocenters. The van der Waals surface area contributed by atoms with E-state index in [1.165, 1.54) is 11.9 Å². The molecule has 6 rings (SSSR count). The molecule has 47 heavy (non-hydrogen) atoms. The van der Waals surface area contributed by atoms with Gasteiger partial charge in [0.2, 0.25) is 11.8 Å². The summed E-state index contributed by atoms with van der Waals surface area (Å²) in [7, 11) is 1.65. The van der Waals surface area contributed by atoms with E-state index in [-0.39, 0.29) is 11.8 Å². The van der Waals surface area contributed by atoms with Gasteiger partial charge in [0.1, 0.15) is 12.2 Å². The van der Waals surface area contributed by atoms with Crippen LogP contribution in [0.25, 0.3) is 5.57 Å². The van der Waals surface area contributed by atoms with E-state index in [4.69, 9.17) is 16.9 Å². The fraction of sp³-hybridized carbons (Fsp3) is 0.324. The number of aliphatic imine (C=N–C) groups is 2. The molecule has 10 nitrogen and oxygen atoms in total. The fourth-order valence-electron chi connectivity index (χ4n) is 6.92. The van der Waals surface area contributed by atoms with E-state index in [1.807, 2.05) is 77.4 Å². The number of nitrogen functional groups attached to an aromatic ring is 1. The molecule has 3 aromatic carbocycles. The number of amidine groups is 1. The van der Waals surface area contributed by atoms with Crippen molar-refractivity contribution in [1.29, 1.82) is 5.41 Å². The van der Waals surface area contributed by atoms with Gasteiger partial charge in [0.05, 0.1) is 17.7 Å². The number of benzene rings is 3. The molecule has 0 saturated carbocycles. The number of carbonyl (C=O) groups is 2. The summed E-state index contributed by atoms with van der Waals surface area (Å²) in [6.07, 6.45) is 5.81. The minimum atomic E-state index is -0.496. The van der Waals surface area contributed by atoms with E-state index in [1.54, 1.807) is 13.1 Å². The number of anilines is 2. The summed E-state index contributed by atoms with van der Waals surface area (Å²) in [6.45, 7) is 5.43. The molecule has 2 fully saturated rings. The first-order chi connectivity index (χ1) is 22.7. The van der Waals surface area contributed by atoms with Crippen molar-refractivity contribution in [2.75, 3.05) is 56.9 Å². The van der Waals surface area contributed by atoms with E-state index in [0.29, 0.717) is 62.1 Å². The summed E-state index contributed by atoms with van der Waals surface area (Å²) >= 11 is 0. The second-order valence-electron chi connectivity index (χ2n) is 12.7. The highest BCUT2D eigenvalue weighted by molar-refractivity contribution is 6.15. The molecule has 2 amide bonds. The Morgan fingerprint density at radius 3 is 2.53 bits per heavy atom. The summed E-state index contributed by atoms with van der Waals surface area (Å²) in [6, 6.07) is 21.3. The van der Waals surface area contributed by atoms with E-state index in [2.05, 4.69) is 21.0 Å². The number of carbonyl (C=O) groups excluding carboxylic acids is 2. The van der Waals surface area contributed by atoms with Gasteiger partial charge in [0.25, 0.3) is 0 Å². The number of nitrogens with zero attached hydrogens (tertiary/aromatic N) is 5. The number of hydrogen-bond acceptors (Lipinski definition) is 6. The lowest BCUT2D eigenvalue weighted by atomic mass is 9.85. The normalized spacial score (nSPS) is 20.4. The van der Waals surface area contributed by atoms with Crippen LogP contribution in [0.2, 0.25) is 0 Å².